The first kappa shape index (κ1) is 20.2. The summed E-state index contributed by atoms with van der Waals surface area (Å²) in [5.74, 6) is -0.749. The third-order valence-corrected chi connectivity index (χ3v) is 6.63. The highest BCUT2D eigenvalue weighted by molar-refractivity contribution is 7.90. The highest BCUT2D eigenvalue weighted by Crippen LogP contribution is 2.38. The monoisotopic (exact) mass is 427 g/mol. The fraction of sp³-hybridized carbons (Fsp3) is 0.227. The Kier molecular flexibility index (Phi) is 5.61. The van der Waals surface area contributed by atoms with Crippen molar-refractivity contribution in [2.75, 3.05) is 20.2 Å². The van der Waals surface area contributed by atoms with Gasteiger partial charge in [0.25, 0.3) is 0 Å². The molecule has 0 saturated carbocycles. The first-order valence-corrected chi connectivity index (χ1v) is 11.1. The standard InChI is InChI=1S/C22H21NO6S/c1-27-22(24)20-17(15-30(25,26)18-6-3-2-4-7-18)8-9-19(16-10-13-28-14-16)21(20)29-23-11-5-12-23/h2-4,6-10,13-14H,5,11-12,15H2,1H3. The van der Waals surface area contributed by atoms with Crippen LogP contribution in [0.4, 0.5) is 0 Å². The lowest BCUT2D eigenvalue weighted by atomic mass is 9.99. The fourth-order valence-electron chi connectivity index (χ4n) is 3.23. The lowest BCUT2D eigenvalue weighted by molar-refractivity contribution is -0.107. The number of carbonyl (C=O) groups is 1. The molecule has 0 radical (unpaired) electrons. The van der Waals surface area contributed by atoms with Crippen LogP contribution in [0.3, 0.4) is 0 Å². The normalized spacial score (nSPS) is 14.2. The van der Waals surface area contributed by atoms with Gasteiger partial charge >= 0.3 is 5.97 Å². The third-order valence-electron chi connectivity index (χ3n) is 4.95. The van der Waals surface area contributed by atoms with E-state index in [1.165, 1.54) is 25.5 Å². The largest absolute Gasteiger partial charge is 0.472 e. The van der Waals surface area contributed by atoms with E-state index in [0.29, 0.717) is 16.7 Å². The molecule has 4 rings (SSSR count). The van der Waals surface area contributed by atoms with Gasteiger partial charge in [0, 0.05) is 24.2 Å². The minimum absolute atomic E-state index is 0.0996. The summed E-state index contributed by atoms with van der Waals surface area (Å²) in [6, 6.07) is 13.2. The van der Waals surface area contributed by atoms with E-state index in [4.69, 9.17) is 14.0 Å². The minimum atomic E-state index is -3.68. The highest BCUT2D eigenvalue weighted by Gasteiger charge is 2.29. The van der Waals surface area contributed by atoms with E-state index in [1.54, 1.807) is 47.7 Å². The molecule has 1 saturated heterocycles. The Morgan fingerprint density at radius 3 is 2.47 bits per heavy atom. The molecular weight excluding hydrogens is 406 g/mol. The summed E-state index contributed by atoms with van der Waals surface area (Å²) in [4.78, 5) is 18.9. The van der Waals surface area contributed by atoms with Gasteiger partial charge in [0.1, 0.15) is 5.56 Å². The zero-order valence-electron chi connectivity index (χ0n) is 16.4. The molecule has 0 N–H and O–H groups in total. The van der Waals surface area contributed by atoms with Gasteiger partial charge in [-0.3, -0.25) is 0 Å². The molecular formula is C22H21NO6S. The van der Waals surface area contributed by atoms with Crippen molar-refractivity contribution >= 4 is 15.8 Å². The van der Waals surface area contributed by atoms with Gasteiger partial charge in [-0.25, -0.2) is 13.2 Å². The number of hydrogen-bond acceptors (Lipinski definition) is 7. The summed E-state index contributed by atoms with van der Waals surface area (Å²) < 4.78 is 36.1. The van der Waals surface area contributed by atoms with Gasteiger partial charge in [0.2, 0.25) is 0 Å². The van der Waals surface area contributed by atoms with E-state index in [-0.39, 0.29) is 22.0 Å². The van der Waals surface area contributed by atoms with Crippen LogP contribution in [-0.4, -0.2) is 39.6 Å². The van der Waals surface area contributed by atoms with E-state index >= 15 is 0 Å². The van der Waals surface area contributed by atoms with Crippen molar-refractivity contribution < 1.29 is 27.2 Å². The SMILES string of the molecule is COC(=O)c1c(CS(=O)(=O)c2ccccc2)ccc(-c2ccoc2)c1ON1CCC1. The van der Waals surface area contributed by atoms with Gasteiger partial charge in [-0.15, -0.1) is 5.06 Å². The number of ether oxygens (including phenoxy) is 1. The summed E-state index contributed by atoms with van der Waals surface area (Å²) in [6.07, 6.45) is 4.05. The maximum absolute atomic E-state index is 13.0. The van der Waals surface area contributed by atoms with Crippen molar-refractivity contribution in [3.63, 3.8) is 0 Å². The molecule has 1 fully saturated rings. The smallest absolute Gasteiger partial charge is 0.342 e. The molecule has 3 aromatic rings. The average Bonchev–Trinajstić information content (AvgIpc) is 3.25. The molecule has 0 aliphatic carbocycles. The lowest BCUT2D eigenvalue weighted by Gasteiger charge is -2.31. The Morgan fingerprint density at radius 1 is 1.10 bits per heavy atom. The zero-order valence-corrected chi connectivity index (χ0v) is 17.2. The number of benzene rings is 2. The highest BCUT2D eigenvalue weighted by atomic mass is 32.2. The number of methoxy groups -OCH3 is 1. The van der Waals surface area contributed by atoms with Crippen LogP contribution in [0.25, 0.3) is 11.1 Å². The first-order valence-electron chi connectivity index (χ1n) is 9.47. The third kappa shape index (κ3) is 3.96. The number of esters is 1. The second-order valence-corrected chi connectivity index (χ2v) is 8.92. The molecule has 1 aliphatic heterocycles. The number of carbonyl (C=O) groups excluding carboxylic acids is 1. The maximum atomic E-state index is 13.0. The summed E-state index contributed by atoms with van der Waals surface area (Å²) in [7, 11) is -2.42. The Labute approximate surface area is 174 Å². The van der Waals surface area contributed by atoms with Crippen molar-refractivity contribution in [3.05, 3.63) is 72.2 Å². The number of sulfone groups is 1. The molecule has 1 aromatic heterocycles. The number of furan rings is 1. The Hall–Kier alpha value is -3.10. The van der Waals surface area contributed by atoms with Crippen LogP contribution in [0.5, 0.6) is 5.75 Å². The molecule has 2 heterocycles. The predicted molar refractivity (Wildman–Crippen MR) is 110 cm³/mol. The average molecular weight is 427 g/mol. The number of hydroxylamine groups is 2. The van der Waals surface area contributed by atoms with Gasteiger partial charge in [-0.2, -0.15) is 0 Å². The van der Waals surface area contributed by atoms with Crippen molar-refractivity contribution in [1.29, 1.82) is 0 Å². The maximum Gasteiger partial charge on any atom is 0.342 e. The van der Waals surface area contributed by atoms with E-state index in [2.05, 4.69) is 0 Å². The van der Waals surface area contributed by atoms with Gasteiger partial charge in [-0.1, -0.05) is 30.3 Å². The van der Waals surface area contributed by atoms with Gasteiger partial charge < -0.3 is 14.0 Å². The number of hydrogen-bond donors (Lipinski definition) is 0. The van der Waals surface area contributed by atoms with Gasteiger partial charge in [0.15, 0.2) is 15.6 Å². The number of nitrogens with zero attached hydrogens (tertiary/aromatic N) is 1. The molecule has 0 spiro atoms. The quantitative estimate of drug-likeness (QED) is 0.531. The fourth-order valence-corrected chi connectivity index (χ4v) is 4.62. The zero-order chi connectivity index (χ0) is 21.1. The molecule has 1 aliphatic rings. The van der Waals surface area contributed by atoms with Crippen LogP contribution in [0.2, 0.25) is 0 Å². The summed E-state index contributed by atoms with van der Waals surface area (Å²) >= 11 is 0. The van der Waals surface area contributed by atoms with Crippen molar-refractivity contribution in [3.8, 4) is 16.9 Å². The second kappa shape index (κ2) is 8.33. The van der Waals surface area contributed by atoms with Crippen molar-refractivity contribution in [1.82, 2.24) is 5.06 Å². The van der Waals surface area contributed by atoms with Crippen LogP contribution in [0.15, 0.2) is 70.4 Å². The Morgan fingerprint density at radius 2 is 1.87 bits per heavy atom. The topological polar surface area (TPSA) is 86.1 Å². The molecule has 30 heavy (non-hydrogen) atoms. The first-order chi connectivity index (χ1) is 14.5. The summed E-state index contributed by atoms with van der Waals surface area (Å²) in [5.41, 5.74) is 1.75. The van der Waals surface area contributed by atoms with Crippen LogP contribution >= 0.6 is 0 Å². The van der Waals surface area contributed by atoms with Crippen LogP contribution in [-0.2, 0) is 20.3 Å². The molecule has 0 amide bonds. The van der Waals surface area contributed by atoms with E-state index in [0.717, 1.165) is 19.5 Å². The Balaban J connectivity index is 1.84. The molecule has 0 bridgehead atoms. The molecule has 156 valence electrons. The molecule has 0 unspecified atom stereocenters. The summed E-state index contributed by atoms with van der Waals surface area (Å²) in [5, 5.41) is 1.72. The van der Waals surface area contributed by atoms with E-state index < -0.39 is 15.8 Å². The predicted octanol–water partition coefficient (Wildman–Crippen LogP) is 3.71. The van der Waals surface area contributed by atoms with Crippen molar-refractivity contribution in [2.45, 2.75) is 17.1 Å². The minimum Gasteiger partial charge on any atom is -0.472 e. The molecule has 8 heteroatoms. The van der Waals surface area contributed by atoms with E-state index in [1.807, 2.05) is 0 Å². The van der Waals surface area contributed by atoms with Crippen molar-refractivity contribution in [2.24, 2.45) is 0 Å². The van der Waals surface area contributed by atoms with Crippen LogP contribution < -0.4 is 4.84 Å². The van der Waals surface area contributed by atoms with E-state index in [9.17, 15) is 13.2 Å². The van der Waals surface area contributed by atoms with Gasteiger partial charge in [-0.05, 0) is 30.2 Å². The molecule has 7 nitrogen and oxygen atoms in total. The summed E-state index contributed by atoms with van der Waals surface area (Å²) in [6.45, 7) is 1.44. The second-order valence-electron chi connectivity index (χ2n) is 6.93. The molecule has 2 aromatic carbocycles. The van der Waals surface area contributed by atoms with Crippen LogP contribution in [0, 0.1) is 0 Å². The lowest BCUT2D eigenvalue weighted by Crippen LogP contribution is -2.40. The molecule has 0 atom stereocenters. The van der Waals surface area contributed by atoms with Gasteiger partial charge in [0.05, 0.1) is 30.3 Å². The number of rotatable bonds is 7. The Bertz CT molecular complexity index is 1140. The van der Waals surface area contributed by atoms with Crippen LogP contribution in [0.1, 0.15) is 22.3 Å².